The van der Waals surface area contributed by atoms with Gasteiger partial charge >= 0.3 is 0 Å². The van der Waals surface area contributed by atoms with Gasteiger partial charge in [0.1, 0.15) is 0 Å². The van der Waals surface area contributed by atoms with Gasteiger partial charge in [0, 0.05) is 12.3 Å². The van der Waals surface area contributed by atoms with Gasteiger partial charge in [-0.05, 0) is 17.7 Å². The lowest BCUT2D eigenvalue weighted by molar-refractivity contribution is 0.736. The topological polar surface area (TPSA) is 34.9 Å². The zero-order chi connectivity index (χ0) is 11.5. The summed E-state index contributed by atoms with van der Waals surface area (Å²) in [6.45, 7) is 0.434. The lowest BCUT2D eigenvalue weighted by Crippen LogP contribution is -2.19. The number of aromatic nitrogens is 2. The van der Waals surface area contributed by atoms with Gasteiger partial charge in [-0.1, -0.05) is 29.3 Å². The predicted molar refractivity (Wildman–Crippen MR) is 64.1 cm³/mol. The summed E-state index contributed by atoms with van der Waals surface area (Å²) in [6, 6.07) is 6.69. The molecule has 0 N–H and O–H groups in total. The molecule has 0 aliphatic rings. The molecule has 0 radical (unpaired) electrons. The molecule has 0 saturated carbocycles. The molecule has 0 aliphatic heterocycles. The molecule has 0 aliphatic carbocycles. The first-order valence-corrected chi connectivity index (χ1v) is 5.37. The van der Waals surface area contributed by atoms with Gasteiger partial charge in [-0.15, -0.1) is 0 Å². The highest BCUT2D eigenvalue weighted by Crippen LogP contribution is 2.22. The minimum Gasteiger partial charge on any atom is -0.295 e. The summed E-state index contributed by atoms with van der Waals surface area (Å²) < 4.78 is 1.50. The maximum absolute atomic E-state index is 11.4. The molecule has 0 spiro atoms. The largest absolute Gasteiger partial charge is 0.295 e. The fraction of sp³-hybridized carbons (Fsp3) is 0.0909. The van der Waals surface area contributed by atoms with E-state index < -0.39 is 0 Å². The average molecular weight is 255 g/mol. The molecule has 2 rings (SSSR count). The Morgan fingerprint density at radius 3 is 2.69 bits per heavy atom. The highest BCUT2D eigenvalue weighted by molar-refractivity contribution is 6.42. The van der Waals surface area contributed by atoms with Crippen molar-refractivity contribution in [2.24, 2.45) is 0 Å². The van der Waals surface area contributed by atoms with Crippen LogP contribution in [0.3, 0.4) is 0 Å². The molecule has 0 bridgehead atoms. The van der Waals surface area contributed by atoms with Gasteiger partial charge in [0.05, 0.1) is 22.9 Å². The van der Waals surface area contributed by atoms with Crippen LogP contribution in [-0.2, 0) is 6.54 Å². The minimum absolute atomic E-state index is 0.0962. The molecule has 0 amide bonds. The quantitative estimate of drug-likeness (QED) is 0.826. The van der Waals surface area contributed by atoms with E-state index >= 15 is 0 Å². The first-order valence-electron chi connectivity index (χ1n) is 4.61. The predicted octanol–water partition coefficient (Wildman–Crippen LogP) is 2.60. The molecule has 1 aromatic heterocycles. The molecule has 3 nitrogen and oxygen atoms in total. The van der Waals surface area contributed by atoms with Gasteiger partial charge in [-0.25, -0.2) is 4.98 Å². The molecular formula is C11H8Cl2N2O. The van der Waals surface area contributed by atoms with Crippen LogP contribution in [0, 0.1) is 0 Å². The molecule has 0 unspecified atom stereocenters. The fourth-order valence-electron chi connectivity index (χ4n) is 1.33. The maximum atomic E-state index is 11.4. The smallest absolute Gasteiger partial charge is 0.253 e. The Bertz CT molecular complexity index is 566. The standard InChI is InChI=1S/C11H8Cl2N2O/c12-9-2-1-8(5-10(9)13)6-15-7-14-4-3-11(15)16/h1-5,7H,6H2. The summed E-state index contributed by atoms with van der Waals surface area (Å²) >= 11 is 11.7. The van der Waals surface area contributed by atoms with Gasteiger partial charge in [0.15, 0.2) is 0 Å². The number of halogens is 2. The van der Waals surface area contributed by atoms with E-state index in [-0.39, 0.29) is 5.56 Å². The second-order valence-corrected chi connectivity index (χ2v) is 4.11. The molecule has 0 atom stereocenters. The Morgan fingerprint density at radius 1 is 1.19 bits per heavy atom. The third-order valence-corrected chi connectivity index (χ3v) is 2.87. The fourth-order valence-corrected chi connectivity index (χ4v) is 1.65. The number of hydrogen-bond donors (Lipinski definition) is 0. The first kappa shape index (κ1) is 11.2. The third-order valence-electron chi connectivity index (χ3n) is 2.13. The number of benzene rings is 1. The van der Waals surface area contributed by atoms with Crippen LogP contribution >= 0.6 is 23.2 Å². The van der Waals surface area contributed by atoms with Crippen LogP contribution in [0.4, 0.5) is 0 Å². The molecule has 0 saturated heterocycles. The van der Waals surface area contributed by atoms with E-state index in [1.807, 2.05) is 6.07 Å². The second kappa shape index (κ2) is 4.68. The van der Waals surface area contributed by atoms with E-state index in [2.05, 4.69) is 4.98 Å². The highest BCUT2D eigenvalue weighted by atomic mass is 35.5. The van der Waals surface area contributed by atoms with E-state index in [0.29, 0.717) is 16.6 Å². The van der Waals surface area contributed by atoms with E-state index in [1.54, 1.807) is 12.1 Å². The summed E-state index contributed by atoms with van der Waals surface area (Å²) in [5.41, 5.74) is 0.811. The van der Waals surface area contributed by atoms with Gasteiger partial charge < -0.3 is 0 Å². The first-order chi connectivity index (χ1) is 7.66. The van der Waals surface area contributed by atoms with Crippen LogP contribution in [0.25, 0.3) is 0 Å². The Hall–Kier alpha value is -1.32. The van der Waals surface area contributed by atoms with Crippen molar-refractivity contribution in [1.82, 2.24) is 9.55 Å². The summed E-state index contributed by atoms with van der Waals surface area (Å²) in [4.78, 5) is 15.3. The van der Waals surface area contributed by atoms with E-state index in [1.165, 1.54) is 23.2 Å². The summed E-state index contributed by atoms with van der Waals surface area (Å²) in [5, 5.41) is 0.986. The Kier molecular flexibility index (Phi) is 3.27. The van der Waals surface area contributed by atoms with Gasteiger partial charge in [0.25, 0.3) is 5.56 Å². The van der Waals surface area contributed by atoms with Gasteiger partial charge in [-0.3, -0.25) is 9.36 Å². The number of rotatable bonds is 2. The van der Waals surface area contributed by atoms with Crippen LogP contribution in [0.15, 0.2) is 41.6 Å². The molecule has 1 aromatic carbocycles. The Balaban J connectivity index is 2.31. The molecular weight excluding hydrogens is 247 g/mol. The number of hydrogen-bond acceptors (Lipinski definition) is 2. The SMILES string of the molecule is O=c1ccncn1Cc1ccc(Cl)c(Cl)c1. The monoisotopic (exact) mass is 254 g/mol. The van der Waals surface area contributed by atoms with Crippen molar-refractivity contribution >= 4 is 23.2 Å². The molecule has 82 valence electrons. The zero-order valence-electron chi connectivity index (χ0n) is 8.23. The average Bonchev–Trinajstić information content (AvgIpc) is 2.27. The minimum atomic E-state index is -0.0962. The van der Waals surface area contributed by atoms with Crippen molar-refractivity contribution in [3.63, 3.8) is 0 Å². The lowest BCUT2D eigenvalue weighted by Gasteiger charge is -2.05. The van der Waals surface area contributed by atoms with E-state index in [0.717, 1.165) is 5.56 Å². The molecule has 0 fully saturated rings. The summed E-state index contributed by atoms with van der Waals surface area (Å²) in [7, 11) is 0. The summed E-state index contributed by atoms with van der Waals surface area (Å²) in [6.07, 6.45) is 2.96. The van der Waals surface area contributed by atoms with Gasteiger partial charge in [-0.2, -0.15) is 0 Å². The van der Waals surface area contributed by atoms with Crippen molar-refractivity contribution in [1.29, 1.82) is 0 Å². The Labute approximate surface area is 102 Å². The molecule has 2 aromatic rings. The second-order valence-electron chi connectivity index (χ2n) is 3.29. The normalized spacial score (nSPS) is 10.4. The van der Waals surface area contributed by atoms with Crippen LogP contribution in [0.1, 0.15) is 5.56 Å². The van der Waals surface area contributed by atoms with Gasteiger partial charge in [0.2, 0.25) is 0 Å². The van der Waals surface area contributed by atoms with E-state index in [9.17, 15) is 4.79 Å². The van der Waals surface area contributed by atoms with Crippen LogP contribution in [0.2, 0.25) is 10.0 Å². The van der Waals surface area contributed by atoms with Crippen LogP contribution in [-0.4, -0.2) is 9.55 Å². The third kappa shape index (κ3) is 2.43. The van der Waals surface area contributed by atoms with Crippen LogP contribution in [0.5, 0.6) is 0 Å². The van der Waals surface area contributed by atoms with E-state index in [4.69, 9.17) is 23.2 Å². The van der Waals surface area contributed by atoms with Crippen molar-refractivity contribution in [2.75, 3.05) is 0 Å². The van der Waals surface area contributed by atoms with Crippen molar-refractivity contribution in [3.8, 4) is 0 Å². The zero-order valence-corrected chi connectivity index (χ0v) is 9.74. The van der Waals surface area contributed by atoms with Crippen molar-refractivity contribution in [2.45, 2.75) is 6.54 Å². The lowest BCUT2D eigenvalue weighted by atomic mass is 10.2. The molecule has 16 heavy (non-hydrogen) atoms. The molecule has 1 heterocycles. The highest BCUT2D eigenvalue weighted by Gasteiger charge is 2.01. The van der Waals surface area contributed by atoms with Crippen molar-refractivity contribution < 1.29 is 0 Å². The summed E-state index contributed by atoms with van der Waals surface area (Å²) in [5.74, 6) is 0. The number of nitrogens with zero attached hydrogens (tertiary/aromatic N) is 2. The van der Waals surface area contributed by atoms with Crippen molar-refractivity contribution in [3.05, 3.63) is 62.8 Å². The van der Waals surface area contributed by atoms with Crippen LogP contribution < -0.4 is 5.56 Å². The molecule has 5 heteroatoms. The Morgan fingerprint density at radius 2 is 2.00 bits per heavy atom. The maximum Gasteiger partial charge on any atom is 0.253 e.